The zero-order chi connectivity index (χ0) is 19.4. The number of rotatable bonds is 1. The van der Waals surface area contributed by atoms with E-state index in [9.17, 15) is 5.11 Å². The van der Waals surface area contributed by atoms with Gasteiger partial charge in [-0.3, -0.25) is 0 Å². The van der Waals surface area contributed by atoms with Crippen LogP contribution in [0.3, 0.4) is 0 Å². The van der Waals surface area contributed by atoms with Crippen LogP contribution < -0.4 is 0 Å². The molecule has 0 spiro atoms. The summed E-state index contributed by atoms with van der Waals surface area (Å²) in [6.07, 6.45) is 7.63. The van der Waals surface area contributed by atoms with Gasteiger partial charge in [-0.15, -0.1) is 0 Å². The van der Waals surface area contributed by atoms with Gasteiger partial charge in [0.25, 0.3) is 0 Å². The van der Waals surface area contributed by atoms with Crippen molar-refractivity contribution < 1.29 is 5.11 Å². The Labute approximate surface area is 169 Å². The van der Waals surface area contributed by atoms with Crippen LogP contribution in [0, 0.1) is 0 Å². The molecule has 4 aromatic rings. The summed E-state index contributed by atoms with van der Waals surface area (Å²) in [5, 5.41) is 14.3. The van der Waals surface area contributed by atoms with E-state index in [2.05, 4.69) is 65.7 Å². The lowest BCUT2D eigenvalue weighted by Crippen LogP contribution is -2.11. The Kier molecular flexibility index (Phi) is 3.60. The molecule has 0 radical (unpaired) electrons. The molecule has 3 aromatic carbocycles. The number of benzene rings is 3. The molecule has 0 saturated carbocycles. The number of hydrogen-bond acceptors (Lipinski definition) is 2. The lowest BCUT2D eigenvalue weighted by atomic mass is 9.76. The van der Waals surface area contributed by atoms with E-state index in [4.69, 9.17) is 0 Å². The summed E-state index contributed by atoms with van der Waals surface area (Å²) in [6, 6.07) is 23.3. The smallest absolute Gasteiger partial charge is 0.215 e. The molecule has 1 atom stereocenters. The first-order valence-electron chi connectivity index (χ1n) is 10.3. The Bertz CT molecular complexity index is 1350. The van der Waals surface area contributed by atoms with Crippen LogP contribution in [0.2, 0.25) is 0 Å². The third-order valence-corrected chi connectivity index (χ3v) is 6.48. The molecule has 1 aromatic heterocycles. The van der Waals surface area contributed by atoms with Crippen LogP contribution in [-0.2, 0) is 6.42 Å². The average molecular weight is 375 g/mol. The highest BCUT2D eigenvalue weighted by Crippen LogP contribution is 2.44. The van der Waals surface area contributed by atoms with E-state index in [0.717, 1.165) is 35.7 Å². The second-order valence-corrected chi connectivity index (χ2v) is 8.09. The van der Waals surface area contributed by atoms with Gasteiger partial charge in [-0.05, 0) is 58.9 Å². The van der Waals surface area contributed by atoms with Crippen molar-refractivity contribution in [2.45, 2.75) is 25.2 Å². The quantitative estimate of drug-likeness (QED) is 0.410. The first-order valence-corrected chi connectivity index (χ1v) is 10.3. The SMILES string of the molecule is Oc1nc2ccccc2cc1C1C=CC2=C(CCc3c2ccc2ccccc32)C1. The maximum Gasteiger partial charge on any atom is 0.215 e. The highest BCUT2D eigenvalue weighted by atomic mass is 16.3. The van der Waals surface area contributed by atoms with Crippen LogP contribution >= 0.6 is 0 Å². The Morgan fingerprint density at radius 3 is 2.62 bits per heavy atom. The Balaban J connectivity index is 1.41. The number of pyridine rings is 1. The van der Waals surface area contributed by atoms with Crippen molar-refractivity contribution in [3.63, 3.8) is 0 Å². The molecule has 29 heavy (non-hydrogen) atoms. The van der Waals surface area contributed by atoms with Crippen LogP contribution in [0.1, 0.15) is 35.4 Å². The topological polar surface area (TPSA) is 33.1 Å². The minimum Gasteiger partial charge on any atom is -0.493 e. The molecule has 0 bridgehead atoms. The summed E-state index contributed by atoms with van der Waals surface area (Å²) in [4.78, 5) is 4.43. The van der Waals surface area contributed by atoms with Crippen molar-refractivity contribution in [3.8, 4) is 5.88 Å². The van der Waals surface area contributed by atoms with Gasteiger partial charge in [0.05, 0.1) is 5.52 Å². The molecule has 2 heteroatoms. The predicted molar refractivity (Wildman–Crippen MR) is 119 cm³/mol. The van der Waals surface area contributed by atoms with E-state index in [1.807, 2.05) is 18.2 Å². The zero-order valence-corrected chi connectivity index (χ0v) is 16.1. The van der Waals surface area contributed by atoms with Crippen LogP contribution in [-0.4, -0.2) is 10.1 Å². The lowest BCUT2D eigenvalue weighted by molar-refractivity contribution is 0.445. The van der Waals surface area contributed by atoms with E-state index < -0.39 is 0 Å². The van der Waals surface area contributed by atoms with E-state index in [-0.39, 0.29) is 11.8 Å². The van der Waals surface area contributed by atoms with Crippen LogP contribution in [0.4, 0.5) is 0 Å². The highest BCUT2D eigenvalue weighted by Gasteiger charge is 2.26. The number of nitrogens with zero attached hydrogens (tertiary/aromatic N) is 1. The molecule has 2 nitrogen and oxygen atoms in total. The number of hydrogen-bond donors (Lipinski definition) is 1. The molecule has 140 valence electrons. The number of aryl methyl sites for hydroxylation is 1. The monoisotopic (exact) mass is 375 g/mol. The molecule has 0 fully saturated rings. The van der Waals surface area contributed by atoms with E-state index in [0.29, 0.717) is 0 Å². The molecular formula is C27H21NO. The van der Waals surface area contributed by atoms with Gasteiger partial charge < -0.3 is 5.11 Å². The van der Waals surface area contributed by atoms with E-state index in [1.54, 1.807) is 0 Å². The maximum atomic E-state index is 10.6. The minimum absolute atomic E-state index is 0.157. The molecule has 2 aliphatic carbocycles. The maximum absolute atomic E-state index is 10.6. The van der Waals surface area contributed by atoms with Crippen LogP contribution in [0.15, 0.2) is 84.5 Å². The molecule has 1 unspecified atom stereocenters. The summed E-state index contributed by atoms with van der Waals surface area (Å²) >= 11 is 0. The summed E-state index contributed by atoms with van der Waals surface area (Å²) in [5.41, 5.74) is 7.48. The molecule has 1 heterocycles. The molecular weight excluding hydrogens is 354 g/mol. The van der Waals surface area contributed by atoms with E-state index >= 15 is 0 Å². The highest BCUT2D eigenvalue weighted by molar-refractivity contribution is 5.94. The number of allylic oxidation sites excluding steroid dienone is 4. The zero-order valence-electron chi connectivity index (χ0n) is 16.1. The van der Waals surface area contributed by atoms with Gasteiger partial charge in [0, 0.05) is 16.9 Å². The van der Waals surface area contributed by atoms with Crippen molar-refractivity contribution in [1.29, 1.82) is 0 Å². The van der Waals surface area contributed by atoms with Gasteiger partial charge in [-0.2, -0.15) is 0 Å². The second-order valence-electron chi connectivity index (χ2n) is 8.09. The average Bonchev–Trinajstić information content (AvgIpc) is 2.77. The third kappa shape index (κ3) is 2.60. The van der Waals surface area contributed by atoms with Gasteiger partial charge in [0.1, 0.15) is 0 Å². The van der Waals surface area contributed by atoms with Gasteiger partial charge >= 0.3 is 0 Å². The normalized spacial score (nSPS) is 18.1. The Morgan fingerprint density at radius 1 is 0.862 bits per heavy atom. The van der Waals surface area contributed by atoms with Crippen LogP contribution in [0.5, 0.6) is 5.88 Å². The number of fused-ring (bicyclic) bond motifs is 5. The number of aromatic nitrogens is 1. The first-order chi connectivity index (χ1) is 14.3. The van der Waals surface area contributed by atoms with Gasteiger partial charge in [0.15, 0.2) is 0 Å². The summed E-state index contributed by atoms with van der Waals surface area (Å²) in [7, 11) is 0. The Hall–Kier alpha value is -3.39. The van der Waals surface area contributed by atoms with Crippen molar-refractivity contribution in [1.82, 2.24) is 4.98 Å². The fraction of sp³-hybridized carbons (Fsp3) is 0.148. The van der Waals surface area contributed by atoms with Gasteiger partial charge in [-0.1, -0.05) is 72.3 Å². The van der Waals surface area contributed by atoms with Crippen LogP contribution in [0.25, 0.3) is 27.2 Å². The number of aromatic hydroxyl groups is 1. The number of para-hydroxylation sites is 1. The Morgan fingerprint density at radius 2 is 1.69 bits per heavy atom. The van der Waals surface area contributed by atoms with Crippen molar-refractivity contribution in [2.75, 3.05) is 0 Å². The lowest BCUT2D eigenvalue weighted by Gasteiger charge is -2.29. The van der Waals surface area contributed by atoms with Crippen molar-refractivity contribution in [2.24, 2.45) is 0 Å². The molecule has 0 aliphatic heterocycles. The third-order valence-electron chi connectivity index (χ3n) is 6.48. The summed E-state index contributed by atoms with van der Waals surface area (Å²) in [5.74, 6) is 0.331. The summed E-state index contributed by atoms with van der Waals surface area (Å²) in [6.45, 7) is 0. The fourth-order valence-electron chi connectivity index (χ4n) is 5.03. The molecule has 6 rings (SSSR count). The second kappa shape index (κ2) is 6.31. The predicted octanol–water partition coefficient (Wildman–Crippen LogP) is 6.54. The van der Waals surface area contributed by atoms with Gasteiger partial charge in [0.2, 0.25) is 5.88 Å². The standard InChI is InChI=1S/C27H21NO/c29-27-25(16-20-6-2-4-8-26(20)28-27)19-10-12-22-18(15-19)11-14-23-21-7-3-1-5-17(21)9-13-24(22)23/h1-10,12-13,16,19H,11,14-15H2,(H,28,29). The molecule has 1 N–H and O–H groups in total. The van der Waals surface area contributed by atoms with E-state index in [1.165, 1.54) is 33.0 Å². The largest absolute Gasteiger partial charge is 0.493 e. The minimum atomic E-state index is 0.157. The molecule has 0 amide bonds. The fourth-order valence-corrected chi connectivity index (χ4v) is 5.03. The van der Waals surface area contributed by atoms with Crippen molar-refractivity contribution >= 4 is 27.2 Å². The summed E-state index contributed by atoms with van der Waals surface area (Å²) < 4.78 is 0. The first kappa shape index (κ1) is 16.6. The van der Waals surface area contributed by atoms with Crippen molar-refractivity contribution in [3.05, 3.63) is 101 Å². The molecule has 2 aliphatic rings. The van der Waals surface area contributed by atoms with Gasteiger partial charge in [-0.25, -0.2) is 4.98 Å². The molecule has 0 saturated heterocycles.